The number of piperazine rings is 1. The van der Waals surface area contributed by atoms with E-state index in [-0.39, 0.29) is 23.9 Å². The number of benzene rings is 1. The smallest absolute Gasteiger partial charge is 0.256 e. The molecule has 9 heteroatoms. The van der Waals surface area contributed by atoms with Crippen molar-refractivity contribution in [1.82, 2.24) is 29.6 Å². The molecular formula is C31H39FN6O2. The molecular weight excluding hydrogens is 507 g/mol. The molecule has 4 aliphatic rings. The van der Waals surface area contributed by atoms with Crippen LogP contribution in [0, 0.1) is 11.7 Å². The lowest BCUT2D eigenvalue weighted by Crippen LogP contribution is -2.61. The number of pyridine rings is 1. The number of carbonyl (C=O) groups excluding carboxylic acids is 2. The average Bonchev–Trinajstić information content (AvgIpc) is 3.34. The van der Waals surface area contributed by atoms with Gasteiger partial charge < -0.3 is 19.7 Å². The first-order valence-corrected chi connectivity index (χ1v) is 14.6. The molecule has 1 N–H and O–H groups in total. The van der Waals surface area contributed by atoms with E-state index in [0.717, 1.165) is 49.2 Å². The minimum Gasteiger partial charge on any atom is -0.339 e. The highest BCUT2D eigenvalue weighted by molar-refractivity contribution is 5.99. The maximum Gasteiger partial charge on any atom is 0.256 e. The summed E-state index contributed by atoms with van der Waals surface area (Å²) in [5.41, 5.74) is 2.94. The van der Waals surface area contributed by atoms with Crippen molar-refractivity contribution in [3.05, 3.63) is 59.8 Å². The van der Waals surface area contributed by atoms with E-state index in [4.69, 9.17) is 0 Å². The molecule has 3 aliphatic heterocycles. The maximum absolute atomic E-state index is 14.3. The van der Waals surface area contributed by atoms with Gasteiger partial charge in [-0.25, -0.2) is 4.39 Å². The maximum atomic E-state index is 14.3. The lowest BCUT2D eigenvalue weighted by molar-refractivity contribution is -0.139. The number of nitrogens with one attached hydrogen (secondary N) is 1. The molecule has 1 atom stereocenters. The van der Waals surface area contributed by atoms with E-state index >= 15 is 0 Å². The van der Waals surface area contributed by atoms with Crippen LogP contribution < -0.4 is 5.32 Å². The SMILES string of the molecule is CC(C)N(C)C(=O)c1cc(F)ccc1-n1cc(CN2CCN(C(=O)[C@H]3NC4CCC3CC4)CC2)c2ccncc21. The highest BCUT2D eigenvalue weighted by Gasteiger charge is 2.41. The number of nitrogens with zero attached hydrogens (tertiary/aromatic N) is 5. The molecule has 5 heterocycles. The van der Waals surface area contributed by atoms with Crippen molar-refractivity contribution >= 4 is 22.7 Å². The number of hydrogen-bond acceptors (Lipinski definition) is 5. The summed E-state index contributed by atoms with van der Waals surface area (Å²) >= 11 is 0. The zero-order valence-electron chi connectivity index (χ0n) is 23.6. The number of aromatic nitrogens is 2. The molecule has 1 aromatic carbocycles. The number of piperidine rings is 2. The minimum absolute atomic E-state index is 0.00752. The van der Waals surface area contributed by atoms with E-state index in [0.29, 0.717) is 23.2 Å². The van der Waals surface area contributed by atoms with Gasteiger partial charge in [-0.1, -0.05) is 0 Å². The van der Waals surface area contributed by atoms with Crippen LogP contribution in [0.15, 0.2) is 42.9 Å². The Morgan fingerprint density at radius 2 is 1.85 bits per heavy atom. The fourth-order valence-corrected chi connectivity index (χ4v) is 6.63. The second-order valence-corrected chi connectivity index (χ2v) is 11.9. The second kappa shape index (κ2) is 10.9. The Kier molecular flexibility index (Phi) is 7.35. The molecule has 8 nitrogen and oxygen atoms in total. The molecule has 212 valence electrons. The molecule has 40 heavy (non-hydrogen) atoms. The number of amides is 2. The second-order valence-electron chi connectivity index (χ2n) is 11.9. The summed E-state index contributed by atoms with van der Waals surface area (Å²) in [6.45, 7) is 7.67. The Labute approximate surface area is 235 Å². The molecule has 2 aromatic heterocycles. The van der Waals surface area contributed by atoms with Gasteiger partial charge in [0.25, 0.3) is 5.91 Å². The highest BCUT2D eigenvalue weighted by atomic mass is 19.1. The van der Waals surface area contributed by atoms with Gasteiger partial charge >= 0.3 is 0 Å². The number of carbonyl (C=O) groups is 2. The van der Waals surface area contributed by atoms with Crippen molar-refractivity contribution in [1.29, 1.82) is 0 Å². The van der Waals surface area contributed by atoms with Gasteiger partial charge in [0.2, 0.25) is 5.91 Å². The van der Waals surface area contributed by atoms with Crippen molar-refractivity contribution < 1.29 is 14.0 Å². The number of halogens is 1. The van der Waals surface area contributed by atoms with Crippen molar-refractivity contribution in [2.45, 2.75) is 64.2 Å². The molecule has 3 saturated heterocycles. The lowest BCUT2D eigenvalue weighted by atomic mass is 9.76. The summed E-state index contributed by atoms with van der Waals surface area (Å²) in [7, 11) is 1.74. The lowest BCUT2D eigenvalue weighted by Gasteiger charge is -2.45. The average molecular weight is 547 g/mol. The summed E-state index contributed by atoms with van der Waals surface area (Å²) < 4.78 is 16.3. The molecule has 1 saturated carbocycles. The highest BCUT2D eigenvalue weighted by Crippen LogP contribution is 2.34. The van der Waals surface area contributed by atoms with Crippen LogP contribution >= 0.6 is 0 Å². The minimum atomic E-state index is -0.442. The number of hydrogen-bond donors (Lipinski definition) is 1. The normalized spacial score (nSPS) is 23.2. The van der Waals surface area contributed by atoms with Gasteiger partial charge in [0.1, 0.15) is 5.82 Å². The molecule has 2 amide bonds. The first-order valence-electron chi connectivity index (χ1n) is 14.6. The summed E-state index contributed by atoms with van der Waals surface area (Å²) in [6, 6.07) is 6.87. The summed E-state index contributed by atoms with van der Waals surface area (Å²) in [5.74, 6) is 0.0939. The van der Waals surface area contributed by atoms with Crippen LogP contribution in [0.25, 0.3) is 16.6 Å². The van der Waals surface area contributed by atoms with Crippen molar-refractivity contribution in [3.63, 3.8) is 0 Å². The van der Waals surface area contributed by atoms with Gasteiger partial charge in [0, 0.05) is 69.6 Å². The summed E-state index contributed by atoms with van der Waals surface area (Å²) in [4.78, 5) is 37.0. The molecule has 3 aromatic rings. The van der Waals surface area contributed by atoms with Crippen LogP contribution in [0.4, 0.5) is 4.39 Å². The third kappa shape index (κ3) is 5.01. The Bertz CT molecular complexity index is 1400. The molecule has 7 rings (SSSR count). The van der Waals surface area contributed by atoms with Gasteiger partial charge in [-0.2, -0.15) is 0 Å². The predicted octanol–water partition coefficient (Wildman–Crippen LogP) is 3.82. The fraction of sp³-hybridized carbons (Fsp3) is 0.516. The summed E-state index contributed by atoms with van der Waals surface area (Å²) in [5, 5.41) is 4.66. The molecule has 0 radical (unpaired) electrons. The van der Waals surface area contributed by atoms with Crippen LogP contribution in [0.5, 0.6) is 0 Å². The Hall–Kier alpha value is -3.30. The standard InChI is InChI=1S/C31H39FN6O2/c1-20(2)35(3)30(39)26-16-23(32)6-9-27(26)38-19-22(25-10-11-33-17-28(25)38)18-36-12-14-37(15-13-36)31(40)29-21-4-7-24(34-29)8-5-21/h6,9-11,16-17,19-21,24,29,34H,4-5,7-8,12-15,18H2,1-3H3/t21?,24?,29-/m0/s1. The Balaban J connectivity index is 1.21. The predicted molar refractivity (Wildman–Crippen MR) is 153 cm³/mol. The van der Waals surface area contributed by atoms with Crippen LogP contribution in [-0.2, 0) is 11.3 Å². The van der Waals surface area contributed by atoms with Crippen molar-refractivity contribution in [3.8, 4) is 5.69 Å². The van der Waals surface area contributed by atoms with E-state index in [1.165, 1.54) is 37.8 Å². The van der Waals surface area contributed by atoms with Crippen molar-refractivity contribution in [2.75, 3.05) is 33.2 Å². The fourth-order valence-electron chi connectivity index (χ4n) is 6.63. The van der Waals surface area contributed by atoms with Crippen LogP contribution in [-0.4, -0.2) is 87.4 Å². The van der Waals surface area contributed by atoms with E-state index in [2.05, 4.69) is 15.2 Å². The topological polar surface area (TPSA) is 73.7 Å². The zero-order chi connectivity index (χ0) is 28.0. The Morgan fingerprint density at radius 3 is 2.52 bits per heavy atom. The first-order chi connectivity index (χ1) is 19.3. The van der Waals surface area contributed by atoms with Crippen LogP contribution in [0.1, 0.15) is 55.5 Å². The van der Waals surface area contributed by atoms with Crippen LogP contribution in [0.2, 0.25) is 0 Å². The quantitative estimate of drug-likeness (QED) is 0.509. The van der Waals surface area contributed by atoms with Gasteiger partial charge in [-0.15, -0.1) is 0 Å². The first kappa shape index (κ1) is 26.9. The van der Waals surface area contributed by atoms with E-state index in [1.807, 2.05) is 35.6 Å². The third-order valence-corrected chi connectivity index (χ3v) is 9.24. The molecule has 0 spiro atoms. The summed E-state index contributed by atoms with van der Waals surface area (Å²) in [6.07, 6.45) is 10.4. The van der Waals surface area contributed by atoms with Crippen molar-refractivity contribution in [2.24, 2.45) is 5.92 Å². The molecule has 0 unspecified atom stereocenters. The van der Waals surface area contributed by atoms with Crippen LogP contribution in [0.3, 0.4) is 0 Å². The van der Waals surface area contributed by atoms with E-state index in [1.54, 1.807) is 30.4 Å². The van der Waals surface area contributed by atoms with E-state index < -0.39 is 5.82 Å². The molecule has 4 fully saturated rings. The third-order valence-electron chi connectivity index (χ3n) is 9.24. The largest absolute Gasteiger partial charge is 0.339 e. The number of fused-ring (bicyclic) bond motifs is 4. The van der Waals surface area contributed by atoms with E-state index in [9.17, 15) is 14.0 Å². The van der Waals surface area contributed by atoms with Gasteiger partial charge in [-0.05, 0) is 75.3 Å². The van der Waals surface area contributed by atoms with Gasteiger partial charge in [0.05, 0.1) is 29.0 Å². The molecule has 1 aliphatic carbocycles. The monoisotopic (exact) mass is 546 g/mol. The van der Waals surface area contributed by atoms with Gasteiger partial charge in [-0.3, -0.25) is 19.5 Å². The van der Waals surface area contributed by atoms with Gasteiger partial charge in [0.15, 0.2) is 0 Å². The zero-order valence-corrected chi connectivity index (χ0v) is 23.6. The number of rotatable bonds is 6. The Morgan fingerprint density at radius 1 is 1.10 bits per heavy atom. The molecule has 2 bridgehead atoms.